The zero-order valence-corrected chi connectivity index (χ0v) is 14.9. The number of hydrogen-bond acceptors (Lipinski definition) is 2. The fraction of sp³-hybridized carbons (Fsp3) is 0.533. The van der Waals surface area contributed by atoms with Crippen molar-refractivity contribution in [2.24, 2.45) is 5.73 Å². The summed E-state index contributed by atoms with van der Waals surface area (Å²) >= 11 is 9.45. The smallest absolute Gasteiger partial charge is 0.220 e. The Morgan fingerprint density at radius 1 is 1.33 bits per heavy atom. The Balaban J connectivity index is 0.00000220. The molecule has 6 heteroatoms. The quantitative estimate of drug-likeness (QED) is 0.813. The van der Waals surface area contributed by atoms with Gasteiger partial charge in [0.05, 0.1) is 0 Å². The number of aryl methyl sites for hydroxylation is 1. The molecule has 1 aliphatic rings. The zero-order chi connectivity index (χ0) is 14.5. The lowest BCUT2D eigenvalue weighted by Crippen LogP contribution is -2.40. The van der Waals surface area contributed by atoms with Gasteiger partial charge in [0.1, 0.15) is 0 Å². The summed E-state index contributed by atoms with van der Waals surface area (Å²) in [7, 11) is 0. The second kappa shape index (κ2) is 8.99. The molecule has 0 unspecified atom stereocenters. The highest BCUT2D eigenvalue weighted by Crippen LogP contribution is 2.22. The molecule has 0 atom stereocenters. The van der Waals surface area contributed by atoms with Gasteiger partial charge in [-0.05, 0) is 55.9 Å². The summed E-state index contributed by atoms with van der Waals surface area (Å²) in [4.78, 5) is 12.0. The number of hydrogen-bond donors (Lipinski definition) is 2. The lowest BCUT2D eigenvalue weighted by molar-refractivity contribution is -0.122. The van der Waals surface area contributed by atoms with Crippen molar-refractivity contribution in [3.05, 3.63) is 33.3 Å². The third kappa shape index (κ3) is 6.15. The van der Waals surface area contributed by atoms with E-state index in [-0.39, 0.29) is 18.3 Å². The third-order valence-electron chi connectivity index (χ3n) is 3.77. The van der Waals surface area contributed by atoms with E-state index in [4.69, 9.17) is 17.3 Å². The summed E-state index contributed by atoms with van der Waals surface area (Å²) in [6.45, 7) is 0. The molecule has 0 spiro atoms. The molecule has 0 heterocycles. The van der Waals surface area contributed by atoms with Crippen LogP contribution in [0.15, 0.2) is 22.7 Å². The second-order valence-corrected chi connectivity index (χ2v) is 6.71. The lowest BCUT2D eigenvalue weighted by atomic mass is 9.92. The van der Waals surface area contributed by atoms with Crippen LogP contribution in [0.3, 0.4) is 0 Å². The van der Waals surface area contributed by atoms with Crippen LogP contribution < -0.4 is 11.1 Å². The van der Waals surface area contributed by atoms with E-state index in [2.05, 4.69) is 21.2 Å². The number of carbonyl (C=O) groups is 1. The Bertz CT molecular complexity index is 477. The topological polar surface area (TPSA) is 55.1 Å². The van der Waals surface area contributed by atoms with Crippen LogP contribution in [0.25, 0.3) is 0 Å². The molecule has 1 amide bonds. The van der Waals surface area contributed by atoms with Crippen molar-refractivity contribution in [3.63, 3.8) is 0 Å². The van der Waals surface area contributed by atoms with Gasteiger partial charge in [0.2, 0.25) is 5.91 Å². The number of rotatable bonds is 4. The highest BCUT2D eigenvalue weighted by Gasteiger charge is 2.19. The Morgan fingerprint density at radius 3 is 2.67 bits per heavy atom. The van der Waals surface area contributed by atoms with Crippen molar-refractivity contribution >= 4 is 45.8 Å². The Morgan fingerprint density at radius 2 is 2.00 bits per heavy atom. The Kier molecular flexibility index (Phi) is 8.03. The van der Waals surface area contributed by atoms with Crippen molar-refractivity contribution < 1.29 is 4.79 Å². The van der Waals surface area contributed by atoms with Crippen LogP contribution in [0.4, 0.5) is 0 Å². The Labute approximate surface area is 145 Å². The van der Waals surface area contributed by atoms with Gasteiger partial charge in [-0.3, -0.25) is 4.79 Å². The van der Waals surface area contributed by atoms with Crippen molar-refractivity contribution in [1.82, 2.24) is 5.32 Å². The van der Waals surface area contributed by atoms with E-state index in [9.17, 15) is 4.79 Å². The largest absolute Gasteiger partial charge is 0.353 e. The standard InChI is InChI=1S/C15H20BrClN2O.ClH/c16-14-7-2-11(17)9-10(14)1-8-15(20)19-13-5-3-12(18)4-6-13;/h2,7,9,12-13H,1,3-6,8,18H2,(H,19,20);1H. The van der Waals surface area contributed by atoms with Crippen molar-refractivity contribution in [1.29, 1.82) is 0 Å². The summed E-state index contributed by atoms with van der Waals surface area (Å²) in [6.07, 6.45) is 5.18. The first-order valence-electron chi connectivity index (χ1n) is 7.03. The van der Waals surface area contributed by atoms with Crippen molar-refractivity contribution in [3.8, 4) is 0 Å². The number of halogens is 3. The van der Waals surface area contributed by atoms with Gasteiger partial charge in [-0.25, -0.2) is 0 Å². The fourth-order valence-electron chi connectivity index (χ4n) is 2.55. The van der Waals surface area contributed by atoms with E-state index in [0.717, 1.165) is 35.7 Å². The molecule has 1 aromatic rings. The van der Waals surface area contributed by atoms with Crippen LogP contribution in [0, 0.1) is 0 Å². The first-order chi connectivity index (χ1) is 9.54. The van der Waals surface area contributed by atoms with Crippen LogP contribution in [0.1, 0.15) is 37.7 Å². The third-order valence-corrected chi connectivity index (χ3v) is 4.77. The number of nitrogens with one attached hydrogen (secondary N) is 1. The molecule has 0 bridgehead atoms. The molecular weight excluding hydrogens is 375 g/mol. The van der Waals surface area contributed by atoms with Gasteiger partial charge in [-0.1, -0.05) is 27.5 Å². The van der Waals surface area contributed by atoms with E-state index in [1.807, 2.05) is 18.2 Å². The number of benzene rings is 1. The van der Waals surface area contributed by atoms with Crippen molar-refractivity contribution in [2.75, 3.05) is 0 Å². The summed E-state index contributed by atoms with van der Waals surface area (Å²) in [5, 5.41) is 3.80. The van der Waals surface area contributed by atoms with Crippen LogP contribution >= 0.6 is 39.9 Å². The first kappa shape index (κ1) is 18.8. The molecule has 0 radical (unpaired) electrons. The highest BCUT2D eigenvalue weighted by atomic mass is 79.9. The van der Waals surface area contributed by atoms with E-state index in [1.165, 1.54) is 0 Å². The minimum absolute atomic E-state index is 0. The summed E-state index contributed by atoms with van der Waals surface area (Å²) in [6, 6.07) is 6.26. The fourth-order valence-corrected chi connectivity index (χ4v) is 3.19. The van der Waals surface area contributed by atoms with E-state index in [0.29, 0.717) is 29.9 Å². The monoisotopic (exact) mass is 394 g/mol. The van der Waals surface area contributed by atoms with Crippen LogP contribution in [-0.4, -0.2) is 18.0 Å². The summed E-state index contributed by atoms with van der Waals surface area (Å²) in [5.41, 5.74) is 6.93. The van der Waals surface area contributed by atoms with Crippen LogP contribution in [-0.2, 0) is 11.2 Å². The van der Waals surface area contributed by atoms with Gasteiger partial charge in [0, 0.05) is 28.0 Å². The number of amides is 1. The molecule has 2 rings (SSSR count). The highest BCUT2D eigenvalue weighted by molar-refractivity contribution is 9.10. The molecule has 0 aromatic heterocycles. The average Bonchev–Trinajstić information content (AvgIpc) is 2.42. The molecule has 118 valence electrons. The molecule has 0 saturated heterocycles. The number of nitrogens with two attached hydrogens (primary N) is 1. The normalized spacial score (nSPS) is 21.5. The maximum absolute atomic E-state index is 12.0. The van der Waals surface area contributed by atoms with E-state index >= 15 is 0 Å². The average molecular weight is 396 g/mol. The zero-order valence-electron chi connectivity index (χ0n) is 11.8. The second-order valence-electron chi connectivity index (χ2n) is 5.41. The van der Waals surface area contributed by atoms with Gasteiger partial charge in [-0.2, -0.15) is 0 Å². The molecule has 0 aliphatic heterocycles. The molecule has 3 N–H and O–H groups in total. The maximum atomic E-state index is 12.0. The molecule has 3 nitrogen and oxygen atoms in total. The van der Waals surface area contributed by atoms with Gasteiger partial charge >= 0.3 is 0 Å². The van der Waals surface area contributed by atoms with Crippen molar-refractivity contribution in [2.45, 2.75) is 50.6 Å². The van der Waals surface area contributed by atoms with Gasteiger partial charge < -0.3 is 11.1 Å². The molecule has 1 fully saturated rings. The van der Waals surface area contributed by atoms with Crippen LogP contribution in [0.5, 0.6) is 0 Å². The molecular formula is C15H21BrCl2N2O. The van der Waals surface area contributed by atoms with E-state index < -0.39 is 0 Å². The Hall–Kier alpha value is -0.290. The first-order valence-corrected chi connectivity index (χ1v) is 8.20. The molecule has 1 aliphatic carbocycles. The van der Waals surface area contributed by atoms with Crippen LogP contribution in [0.2, 0.25) is 5.02 Å². The predicted octanol–water partition coefficient (Wildman–Crippen LogP) is 3.84. The van der Waals surface area contributed by atoms with Gasteiger partial charge in [0.15, 0.2) is 0 Å². The molecule has 1 aromatic carbocycles. The predicted molar refractivity (Wildman–Crippen MR) is 93.1 cm³/mol. The number of carbonyl (C=O) groups excluding carboxylic acids is 1. The van der Waals surface area contributed by atoms with E-state index in [1.54, 1.807) is 0 Å². The van der Waals surface area contributed by atoms with Gasteiger partial charge in [0.25, 0.3) is 0 Å². The molecule has 1 saturated carbocycles. The lowest BCUT2D eigenvalue weighted by Gasteiger charge is -2.26. The SMILES string of the molecule is Cl.NC1CCC(NC(=O)CCc2cc(Cl)ccc2Br)CC1. The minimum Gasteiger partial charge on any atom is -0.353 e. The maximum Gasteiger partial charge on any atom is 0.220 e. The summed E-state index contributed by atoms with van der Waals surface area (Å²) < 4.78 is 0.998. The minimum atomic E-state index is 0. The van der Waals surface area contributed by atoms with Gasteiger partial charge in [-0.15, -0.1) is 12.4 Å². The summed E-state index contributed by atoms with van der Waals surface area (Å²) in [5.74, 6) is 0.109. The molecule has 21 heavy (non-hydrogen) atoms.